The largest absolute Gasteiger partial charge is 0.458 e. The monoisotopic (exact) mass is 368 g/mol. The summed E-state index contributed by atoms with van der Waals surface area (Å²) in [5, 5.41) is 7.86. The van der Waals surface area contributed by atoms with Gasteiger partial charge in [0.05, 0.1) is 24.3 Å². The molecule has 4 rings (SSSR count). The number of benzene rings is 1. The third kappa shape index (κ3) is 3.72. The van der Waals surface area contributed by atoms with Crippen LogP contribution < -0.4 is 0 Å². The smallest absolute Gasteiger partial charge is 0.360 e. The van der Waals surface area contributed by atoms with Crippen molar-refractivity contribution in [2.75, 3.05) is 6.54 Å². The molecule has 1 saturated heterocycles. The van der Waals surface area contributed by atoms with E-state index >= 15 is 0 Å². The summed E-state index contributed by atoms with van der Waals surface area (Å²) in [6.45, 7) is 5.66. The minimum atomic E-state index is -0.463. The molecule has 1 aliphatic heterocycles. The van der Waals surface area contributed by atoms with Crippen LogP contribution in [-0.2, 0) is 22.6 Å². The molecule has 0 bridgehead atoms. The lowest BCUT2D eigenvalue weighted by molar-refractivity contribution is -0.132. The Bertz CT molecular complexity index is 852. The molecule has 7 nitrogen and oxygen atoms in total. The summed E-state index contributed by atoms with van der Waals surface area (Å²) in [6.07, 6.45) is 4.54. The topological polar surface area (TPSA) is 77.3 Å². The first kappa shape index (κ1) is 17.7. The van der Waals surface area contributed by atoms with E-state index in [0.29, 0.717) is 19.0 Å². The molecule has 1 spiro atoms. The van der Waals surface area contributed by atoms with Crippen LogP contribution in [0.15, 0.2) is 30.5 Å². The van der Waals surface area contributed by atoms with Crippen molar-refractivity contribution in [2.24, 2.45) is 5.41 Å². The average molecular weight is 368 g/mol. The van der Waals surface area contributed by atoms with Crippen molar-refractivity contribution in [2.45, 2.75) is 52.3 Å². The maximum atomic E-state index is 12.4. The summed E-state index contributed by atoms with van der Waals surface area (Å²) in [5.74, 6) is -0.134. The number of likely N-dealkylation sites (tertiary alicyclic amines) is 1. The maximum Gasteiger partial charge on any atom is 0.360 e. The minimum absolute atomic E-state index is 0.00145. The van der Waals surface area contributed by atoms with Gasteiger partial charge in [-0.2, -0.15) is 0 Å². The second-order valence-electron chi connectivity index (χ2n) is 7.83. The molecule has 0 N–H and O–H groups in total. The average Bonchev–Trinajstić information content (AvgIpc) is 3.18. The highest BCUT2D eigenvalue weighted by atomic mass is 16.5. The van der Waals surface area contributed by atoms with E-state index in [1.165, 1.54) is 0 Å². The number of nitrogens with zero attached hydrogens (tertiary/aromatic N) is 4. The lowest BCUT2D eigenvalue weighted by Crippen LogP contribution is -2.27. The van der Waals surface area contributed by atoms with Crippen LogP contribution in [0.5, 0.6) is 0 Å². The van der Waals surface area contributed by atoms with Crippen LogP contribution in [0.25, 0.3) is 0 Å². The first-order valence-corrected chi connectivity index (χ1v) is 9.43. The normalized spacial score (nSPS) is 17.7. The number of carbonyl (C=O) groups excluding carboxylic acids is 2. The molecule has 2 fully saturated rings. The van der Waals surface area contributed by atoms with Crippen LogP contribution in [-0.4, -0.2) is 44.4 Å². The van der Waals surface area contributed by atoms with Crippen LogP contribution in [0.2, 0.25) is 0 Å². The fourth-order valence-corrected chi connectivity index (χ4v) is 3.56. The molecule has 2 heterocycles. The van der Waals surface area contributed by atoms with Crippen LogP contribution in [0.1, 0.15) is 54.7 Å². The molecule has 1 aliphatic carbocycles. The zero-order valence-electron chi connectivity index (χ0n) is 15.7. The standard InChI is InChI=1S/C20H24N4O3/c1-14(2)27-18(25)17-13-24(22-21-17)12-16-5-3-15(4-6-16)11-23-10-9-20(7-8-20)19(23)26/h3-6,13-14H,7-12H2,1-2H3. The summed E-state index contributed by atoms with van der Waals surface area (Å²) >= 11 is 0. The number of esters is 1. The number of hydrogen-bond donors (Lipinski definition) is 0. The highest BCUT2D eigenvalue weighted by Gasteiger charge is 2.55. The molecule has 2 aliphatic rings. The molecule has 0 unspecified atom stereocenters. The lowest BCUT2D eigenvalue weighted by atomic mass is 10.1. The second-order valence-corrected chi connectivity index (χ2v) is 7.83. The van der Waals surface area contributed by atoms with Gasteiger partial charge < -0.3 is 9.64 Å². The Morgan fingerprint density at radius 3 is 2.41 bits per heavy atom. The summed E-state index contributed by atoms with van der Waals surface area (Å²) in [6, 6.07) is 8.14. The molecular formula is C20H24N4O3. The van der Waals surface area contributed by atoms with E-state index in [-0.39, 0.29) is 17.2 Å². The van der Waals surface area contributed by atoms with E-state index in [0.717, 1.165) is 36.9 Å². The number of carbonyl (C=O) groups is 2. The number of rotatable bonds is 6. The van der Waals surface area contributed by atoms with E-state index in [4.69, 9.17) is 4.74 Å². The van der Waals surface area contributed by atoms with E-state index in [9.17, 15) is 9.59 Å². The summed E-state index contributed by atoms with van der Waals surface area (Å²) < 4.78 is 6.74. The second kappa shape index (κ2) is 6.79. The van der Waals surface area contributed by atoms with Gasteiger partial charge in [0.25, 0.3) is 0 Å². The molecule has 1 saturated carbocycles. The van der Waals surface area contributed by atoms with Crippen LogP contribution >= 0.6 is 0 Å². The van der Waals surface area contributed by atoms with Crippen molar-refractivity contribution < 1.29 is 14.3 Å². The molecule has 142 valence electrons. The predicted molar refractivity (Wildman–Crippen MR) is 97.8 cm³/mol. The summed E-state index contributed by atoms with van der Waals surface area (Å²) in [7, 11) is 0. The molecule has 1 amide bonds. The van der Waals surface area contributed by atoms with Gasteiger partial charge in [-0.25, -0.2) is 9.48 Å². The third-order valence-corrected chi connectivity index (χ3v) is 5.29. The Kier molecular flexibility index (Phi) is 4.45. The Hall–Kier alpha value is -2.70. The van der Waals surface area contributed by atoms with Gasteiger partial charge in [-0.15, -0.1) is 5.10 Å². The molecule has 1 aromatic carbocycles. The van der Waals surface area contributed by atoms with E-state index in [2.05, 4.69) is 10.3 Å². The quantitative estimate of drug-likeness (QED) is 0.732. The van der Waals surface area contributed by atoms with Gasteiger partial charge in [0.2, 0.25) is 5.91 Å². The fourth-order valence-electron chi connectivity index (χ4n) is 3.56. The zero-order valence-corrected chi connectivity index (χ0v) is 15.7. The number of ether oxygens (including phenoxy) is 1. The van der Waals surface area contributed by atoms with Crippen molar-refractivity contribution in [1.29, 1.82) is 0 Å². The van der Waals surface area contributed by atoms with Gasteiger partial charge in [-0.1, -0.05) is 29.5 Å². The van der Waals surface area contributed by atoms with E-state index in [1.54, 1.807) is 24.7 Å². The lowest BCUT2D eigenvalue weighted by Gasteiger charge is -2.16. The van der Waals surface area contributed by atoms with Gasteiger partial charge >= 0.3 is 5.97 Å². The third-order valence-electron chi connectivity index (χ3n) is 5.29. The summed E-state index contributed by atoms with van der Waals surface area (Å²) in [4.78, 5) is 26.2. The molecule has 0 atom stereocenters. The van der Waals surface area contributed by atoms with Gasteiger partial charge in [-0.3, -0.25) is 4.79 Å². The highest BCUT2D eigenvalue weighted by molar-refractivity contribution is 5.87. The Balaban J connectivity index is 1.35. The van der Waals surface area contributed by atoms with Crippen molar-refractivity contribution in [3.63, 3.8) is 0 Å². The van der Waals surface area contributed by atoms with Crippen molar-refractivity contribution >= 4 is 11.9 Å². The van der Waals surface area contributed by atoms with Crippen LogP contribution in [0.4, 0.5) is 0 Å². The van der Waals surface area contributed by atoms with E-state index < -0.39 is 5.97 Å². The van der Waals surface area contributed by atoms with Crippen LogP contribution in [0.3, 0.4) is 0 Å². The van der Waals surface area contributed by atoms with Gasteiger partial charge in [0.1, 0.15) is 0 Å². The van der Waals surface area contributed by atoms with Crippen molar-refractivity contribution in [1.82, 2.24) is 19.9 Å². The first-order valence-electron chi connectivity index (χ1n) is 9.43. The number of hydrogen-bond acceptors (Lipinski definition) is 5. The van der Waals surface area contributed by atoms with Gasteiger partial charge in [0, 0.05) is 13.1 Å². The van der Waals surface area contributed by atoms with Crippen molar-refractivity contribution in [3.8, 4) is 0 Å². The van der Waals surface area contributed by atoms with Crippen LogP contribution in [0, 0.1) is 5.41 Å². The summed E-state index contributed by atoms with van der Waals surface area (Å²) in [5.41, 5.74) is 2.40. The molecule has 0 radical (unpaired) electrons. The number of amides is 1. The van der Waals surface area contributed by atoms with E-state index in [1.807, 2.05) is 29.2 Å². The highest BCUT2D eigenvalue weighted by Crippen LogP contribution is 2.53. The van der Waals surface area contributed by atoms with Crippen molar-refractivity contribution in [3.05, 3.63) is 47.3 Å². The van der Waals surface area contributed by atoms with Gasteiger partial charge in [-0.05, 0) is 44.2 Å². The molecule has 2 aromatic rings. The van der Waals surface area contributed by atoms with Gasteiger partial charge in [0.15, 0.2) is 5.69 Å². The minimum Gasteiger partial charge on any atom is -0.458 e. The number of aromatic nitrogens is 3. The Morgan fingerprint density at radius 1 is 1.15 bits per heavy atom. The molecule has 1 aromatic heterocycles. The maximum absolute atomic E-state index is 12.4. The first-order chi connectivity index (χ1) is 12.9. The molecule has 27 heavy (non-hydrogen) atoms. The molecular weight excluding hydrogens is 344 g/mol. The molecule has 7 heteroatoms. The SMILES string of the molecule is CC(C)OC(=O)c1cn(Cc2ccc(CN3CCC4(CC4)C3=O)cc2)nn1. The predicted octanol–water partition coefficient (Wildman–Crippen LogP) is 2.40. The Morgan fingerprint density at radius 2 is 1.81 bits per heavy atom. The zero-order chi connectivity index (χ0) is 19.0. The fraction of sp³-hybridized carbons (Fsp3) is 0.500. The Labute approximate surface area is 158 Å².